The molecule has 4 aromatic rings. The van der Waals surface area contributed by atoms with Crippen molar-refractivity contribution < 1.29 is 0 Å². The van der Waals surface area contributed by atoms with E-state index in [-0.39, 0.29) is 5.54 Å². The van der Waals surface area contributed by atoms with E-state index in [0.29, 0.717) is 0 Å². The first-order chi connectivity index (χ1) is 13.1. The lowest BCUT2D eigenvalue weighted by Crippen LogP contribution is -2.43. The van der Waals surface area contributed by atoms with E-state index in [2.05, 4.69) is 57.4 Å². The van der Waals surface area contributed by atoms with E-state index in [1.807, 2.05) is 34.8 Å². The summed E-state index contributed by atoms with van der Waals surface area (Å²) in [6.07, 6.45) is 3.34. The summed E-state index contributed by atoms with van der Waals surface area (Å²) in [7, 11) is 0. The minimum atomic E-state index is -0.147. The van der Waals surface area contributed by atoms with Crippen molar-refractivity contribution in [3.63, 3.8) is 0 Å². The predicted molar refractivity (Wildman–Crippen MR) is 111 cm³/mol. The topological polar surface area (TPSA) is 56.2 Å². The van der Waals surface area contributed by atoms with E-state index in [0.717, 1.165) is 45.6 Å². The minimum absolute atomic E-state index is 0.147. The molecule has 27 heavy (non-hydrogen) atoms. The van der Waals surface area contributed by atoms with Crippen molar-refractivity contribution in [1.29, 1.82) is 0 Å². The summed E-state index contributed by atoms with van der Waals surface area (Å²) in [5.41, 5.74) is 12.4. The largest absolute Gasteiger partial charge is 0.321 e. The molecule has 1 aliphatic carbocycles. The highest BCUT2D eigenvalue weighted by molar-refractivity contribution is 9.10. The van der Waals surface area contributed by atoms with Crippen LogP contribution >= 0.6 is 15.9 Å². The van der Waals surface area contributed by atoms with Gasteiger partial charge in [0, 0.05) is 16.7 Å². The van der Waals surface area contributed by atoms with Gasteiger partial charge in [-0.05, 0) is 52.9 Å². The molecule has 0 unspecified atom stereocenters. The molecule has 1 fully saturated rings. The molecule has 2 heterocycles. The van der Waals surface area contributed by atoms with Crippen LogP contribution in [0.1, 0.15) is 24.8 Å². The molecule has 134 valence electrons. The average Bonchev–Trinajstić information content (AvgIpc) is 3.05. The Balaban J connectivity index is 1.69. The van der Waals surface area contributed by atoms with Crippen LogP contribution in [-0.2, 0) is 5.54 Å². The number of hydrogen-bond donors (Lipinski definition) is 1. The lowest BCUT2D eigenvalue weighted by molar-refractivity contribution is 0.253. The third-order valence-corrected chi connectivity index (χ3v) is 5.89. The van der Waals surface area contributed by atoms with E-state index in [1.165, 1.54) is 12.0 Å². The van der Waals surface area contributed by atoms with E-state index < -0.39 is 0 Å². The molecular formula is C22H19BrN4. The molecule has 0 saturated heterocycles. The van der Waals surface area contributed by atoms with Crippen LogP contribution in [0.4, 0.5) is 0 Å². The molecular weight excluding hydrogens is 400 g/mol. The summed E-state index contributed by atoms with van der Waals surface area (Å²) in [5, 5.41) is 4.63. The zero-order chi connectivity index (χ0) is 18.4. The Kier molecular flexibility index (Phi) is 3.88. The van der Waals surface area contributed by atoms with Crippen LogP contribution in [0, 0.1) is 0 Å². The first-order valence-corrected chi connectivity index (χ1v) is 9.94. The average molecular weight is 419 g/mol. The number of rotatable bonds is 3. The van der Waals surface area contributed by atoms with Gasteiger partial charge < -0.3 is 5.73 Å². The number of benzene rings is 2. The van der Waals surface area contributed by atoms with Crippen LogP contribution in [0.2, 0.25) is 0 Å². The standard InChI is InChI=1S/C22H19BrN4/c23-18-11-12-19-25-20(21(27(19)26-18)16-5-2-1-3-6-16)15-7-9-17(10-8-15)22(24)13-4-14-22/h1-3,5-12H,4,13-14,24H2. The fraction of sp³-hybridized carbons (Fsp3) is 0.182. The van der Waals surface area contributed by atoms with Crippen molar-refractivity contribution in [2.75, 3.05) is 0 Å². The van der Waals surface area contributed by atoms with Gasteiger partial charge in [-0.3, -0.25) is 0 Å². The Bertz CT molecular complexity index is 1110. The SMILES string of the molecule is NC1(c2ccc(-c3nc4ccc(Br)nn4c3-c3ccccc3)cc2)CCC1. The number of hydrogen-bond acceptors (Lipinski definition) is 3. The zero-order valence-electron chi connectivity index (χ0n) is 14.8. The third kappa shape index (κ3) is 2.78. The molecule has 5 rings (SSSR count). The Morgan fingerprint density at radius 2 is 1.63 bits per heavy atom. The smallest absolute Gasteiger partial charge is 0.155 e. The van der Waals surface area contributed by atoms with Crippen LogP contribution in [-0.4, -0.2) is 14.6 Å². The van der Waals surface area contributed by atoms with Crippen molar-refractivity contribution >= 4 is 21.6 Å². The summed E-state index contributed by atoms with van der Waals surface area (Å²) in [4.78, 5) is 4.87. The number of nitrogens with two attached hydrogens (primary N) is 1. The summed E-state index contributed by atoms with van der Waals surface area (Å²) >= 11 is 3.48. The molecule has 0 atom stereocenters. The lowest BCUT2D eigenvalue weighted by Gasteiger charge is -2.38. The number of nitrogens with zero attached hydrogens (tertiary/aromatic N) is 3. The van der Waals surface area contributed by atoms with Crippen LogP contribution in [0.3, 0.4) is 0 Å². The molecule has 5 heteroatoms. The van der Waals surface area contributed by atoms with Crippen molar-refractivity contribution in [3.8, 4) is 22.5 Å². The molecule has 0 amide bonds. The number of imidazole rings is 1. The highest BCUT2D eigenvalue weighted by Crippen LogP contribution is 2.40. The highest BCUT2D eigenvalue weighted by atomic mass is 79.9. The lowest BCUT2D eigenvalue weighted by atomic mass is 9.72. The van der Waals surface area contributed by atoms with Gasteiger partial charge in [-0.2, -0.15) is 5.10 Å². The van der Waals surface area contributed by atoms with Gasteiger partial charge in [0.15, 0.2) is 5.65 Å². The molecule has 4 nitrogen and oxygen atoms in total. The Morgan fingerprint density at radius 1 is 0.889 bits per heavy atom. The maximum atomic E-state index is 6.48. The van der Waals surface area contributed by atoms with E-state index in [9.17, 15) is 0 Å². The van der Waals surface area contributed by atoms with Gasteiger partial charge >= 0.3 is 0 Å². The van der Waals surface area contributed by atoms with Crippen LogP contribution < -0.4 is 5.73 Å². The second-order valence-corrected chi connectivity index (χ2v) is 8.00. The number of fused-ring (bicyclic) bond motifs is 1. The molecule has 0 spiro atoms. The van der Waals surface area contributed by atoms with Gasteiger partial charge in [0.05, 0.1) is 5.69 Å². The summed E-state index contributed by atoms with van der Waals surface area (Å²) in [6.45, 7) is 0. The fourth-order valence-electron chi connectivity index (χ4n) is 3.77. The first kappa shape index (κ1) is 16.7. The maximum absolute atomic E-state index is 6.48. The van der Waals surface area contributed by atoms with Gasteiger partial charge in [-0.25, -0.2) is 9.50 Å². The molecule has 0 radical (unpaired) electrons. The Morgan fingerprint density at radius 3 is 2.30 bits per heavy atom. The molecule has 2 aromatic carbocycles. The van der Waals surface area contributed by atoms with Crippen molar-refractivity contribution in [2.45, 2.75) is 24.8 Å². The van der Waals surface area contributed by atoms with E-state index >= 15 is 0 Å². The molecule has 2 aromatic heterocycles. The van der Waals surface area contributed by atoms with Crippen molar-refractivity contribution in [1.82, 2.24) is 14.6 Å². The normalized spacial score (nSPS) is 15.6. The predicted octanol–water partition coefficient (Wildman–Crippen LogP) is 5.16. The van der Waals surface area contributed by atoms with Gasteiger partial charge in [0.2, 0.25) is 0 Å². The summed E-state index contributed by atoms with van der Waals surface area (Å²) in [5.74, 6) is 0. The molecule has 1 aliphatic rings. The maximum Gasteiger partial charge on any atom is 0.155 e. The Hall–Kier alpha value is -2.50. The third-order valence-electron chi connectivity index (χ3n) is 5.47. The van der Waals surface area contributed by atoms with Crippen molar-refractivity contribution in [3.05, 3.63) is 76.9 Å². The van der Waals surface area contributed by atoms with E-state index in [1.54, 1.807) is 0 Å². The Labute approximate surface area is 166 Å². The van der Waals surface area contributed by atoms with Crippen LogP contribution in [0.5, 0.6) is 0 Å². The zero-order valence-corrected chi connectivity index (χ0v) is 16.4. The monoisotopic (exact) mass is 418 g/mol. The van der Waals surface area contributed by atoms with Crippen LogP contribution in [0.15, 0.2) is 71.3 Å². The molecule has 1 saturated carbocycles. The summed E-state index contributed by atoms with van der Waals surface area (Å²) < 4.78 is 2.68. The summed E-state index contributed by atoms with van der Waals surface area (Å²) in [6, 6.07) is 22.7. The quantitative estimate of drug-likeness (QED) is 0.499. The number of halogens is 1. The highest BCUT2D eigenvalue weighted by Gasteiger charge is 2.34. The molecule has 0 aliphatic heterocycles. The van der Waals surface area contributed by atoms with Gasteiger partial charge in [0.25, 0.3) is 0 Å². The van der Waals surface area contributed by atoms with Crippen LogP contribution in [0.25, 0.3) is 28.2 Å². The van der Waals surface area contributed by atoms with Gasteiger partial charge in [-0.1, -0.05) is 54.6 Å². The fourth-order valence-corrected chi connectivity index (χ4v) is 4.06. The first-order valence-electron chi connectivity index (χ1n) is 9.15. The van der Waals surface area contributed by atoms with Crippen molar-refractivity contribution in [2.24, 2.45) is 5.73 Å². The van der Waals surface area contributed by atoms with Gasteiger partial charge in [-0.15, -0.1) is 0 Å². The second kappa shape index (κ2) is 6.29. The van der Waals surface area contributed by atoms with Gasteiger partial charge in [0.1, 0.15) is 10.3 Å². The molecule has 0 bridgehead atoms. The second-order valence-electron chi connectivity index (χ2n) is 7.19. The number of aromatic nitrogens is 3. The minimum Gasteiger partial charge on any atom is -0.321 e. The molecule has 2 N–H and O–H groups in total. The van der Waals surface area contributed by atoms with E-state index in [4.69, 9.17) is 10.7 Å².